The van der Waals surface area contributed by atoms with Crippen molar-refractivity contribution >= 4 is 40.3 Å². The number of amides is 1. The number of methoxy groups -OCH3 is 1. The Hall–Kier alpha value is -2.15. The van der Waals surface area contributed by atoms with E-state index in [9.17, 15) is 4.79 Å². The number of benzene rings is 2. The molecule has 0 N–H and O–H groups in total. The fourth-order valence-corrected chi connectivity index (χ4v) is 3.89. The lowest BCUT2D eigenvalue weighted by Crippen LogP contribution is -2.31. The molecule has 1 heterocycles. The molecule has 0 bridgehead atoms. The Morgan fingerprint density at radius 2 is 1.89 bits per heavy atom. The zero-order valence-electron chi connectivity index (χ0n) is 15.3. The minimum atomic E-state index is -0.0876. The highest BCUT2D eigenvalue weighted by Gasteiger charge is 2.31. The summed E-state index contributed by atoms with van der Waals surface area (Å²) in [7, 11) is 1.61. The molecule has 0 unspecified atom stereocenters. The molecule has 3 rings (SSSR count). The Balaban J connectivity index is 1.75. The molecular weight excluding hydrogens is 378 g/mol. The third-order valence-electron chi connectivity index (χ3n) is 4.11. The topological polar surface area (TPSA) is 38.8 Å². The van der Waals surface area contributed by atoms with E-state index in [1.54, 1.807) is 12.0 Å². The van der Waals surface area contributed by atoms with E-state index < -0.39 is 0 Å². The van der Waals surface area contributed by atoms with Gasteiger partial charge in [-0.15, -0.1) is 0 Å². The van der Waals surface area contributed by atoms with Gasteiger partial charge < -0.3 is 9.47 Å². The van der Waals surface area contributed by atoms with E-state index in [0.29, 0.717) is 29.0 Å². The van der Waals surface area contributed by atoms with Crippen LogP contribution in [0.25, 0.3) is 6.08 Å². The minimum Gasteiger partial charge on any atom is -0.488 e. The van der Waals surface area contributed by atoms with Gasteiger partial charge in [-0.2, -0.15) is 0 Å². The van der Waals surface area contributed by atoms with Gasteiger partial charge in [0.1, 0.15) is 16.7 Å². The van der Waals surface area contributed by atoms with Crippen LogP contribution in [0.3, 0.4) is 0 Å². The van der Waals surface area contributed by atoms with Crippen molar-refractivity contribution in [2.45, 2.75) is 13.5 Å². The molecule has 0 aromatic heterocycles. The van der Waals surface area contributed by atoms with Crippen molar-refractivity contribution in [3.63, 3.8) is 0 Å². The number of ether oxygens (including phenoxy) is 2. The lowest BCUT2D eigenvalue weighted by Gasteiger charge is -2.13. The van der Waals surface area contributed by atoms with Crippen LogP contribution in [-0.4, -0.2) is 35.4 Å². The van der Waals surface area contributed by atoms with Crippen molar-refractivity contribution in [2.24, 2.45) is 0 Å². The average Bonchev–Trinajstić information content (AvgIpc) is 2.93. The number of hydrogen-bond acceptors (Lipinski definition) is 5. The number of carbonyl (C=O) groups is 1. The van der Waals surface area contributed by atoms with E-state index in [4.69, 9.17) is 21.7 Å². The van der Waals surface area contributed by atoms with E-state index >= 15 is 0 Å². The summed E-state index contributed by atoms with van der Waals surface area (Å²) >= 11 is 6.63. The summed E-state index contributed by atoms with van der Waals surface area (Å²) in [6, 6.07) is 15.9. The van der Waals surface area contributed by atoms with Gasteiger partial charge >= 0.3 is 0 Å². The number of aryl methyl sites for hydroxylation is 1. The lowest BCUT2D eigenvalue weighted by molar-refractivity contribution is -0.122. The largest absolute Gasteiger partial charge is 0.488 e. The third kappa shape index (κ3) is 4.97. The smallest absolute Gasteiger partial charge is 0.266 e. The Morgan fingerprint density at radius 1 is 1.15 bits per heavy atom. The van der Waals surface area contributed by atoms with Crippen LogP contribution in [0.2, 0.25) is 0 Å². The van der Waals surface area contributed by atoms with Crippen LogP contribution >= 0.6 is 24.0 Å². The predicted molar refractivity (Wildman–Crippen MR) is 114 cm³/mol. The lowest BCUT2D eigenvalue weighted by atomic mass is 10.1. The standard InChI is InChI=1S/C21H21NO3S2/c1-15-7-9-16(10-8-15)14-25-18-6-4-3-5-17(18)13-19-20(23)22(11-12-24-2)21(26)27-19/h3-10,13H,11-12,14H2,1-2H3. The molecule has 6 heteroatoms. The molecule has 140 valence electrons. The molecule has 2 aromatic carbocycles. The van der Waals surface area contributed by atoms with Gasteiger partial charge in [-0.25, -0.2) is 0 Å². The van der Waals surface area contributed by atoms with Gasteiger partial charge in [0.15, 0.2) is 0 Å². The van der Waals surface area contributed by atoms with Crippen LogP contribution in [-0.2, 0) is 16.1 Å². The highest BCUT2D eigenvalue weighted by Crippen LogP contribution is 2.34. The Kier molecular flexibility index (Phi) is 6.66. The summed E-state index contributed by atoms with van der Waals surface area (Å²) in [5.41, 5.74) is 3.17. The normalized spacial score (nSPS) is 15.6. The summed E-state index contributed by atoms with van der Waals surface area (Å²) in [6.45, 7) is 3.45. The number of rotatable bonds is 7. The molecule has 0 spiro atoms. The second-order valence-corrected chi connectivity index (χ2v) is 7.81. The fraction of sp³-hybridized carbons (Fsp3) is 0.238. The highest BCUT2D eigenvalue weighted by atomic mass is 32.2. The molecule has 1 saturated heterocycles. The first-order valence-corrected chi connectivity index (χ1v) is 9.82. The maximum atomic E-state index is 12.6. The number of thioether (sulfide) groups is 1. The summed E-state index contributed by atoms with van der Waals surface area (Å²) in [5.74, 6) is 0.649. The van der Waals surface area contributed by atoms with Crippen LogP contribution in [0.15, 0.2) is 53.4 Å². The first-order valence-electron chi connectivity index (χ1n) is 8.60. The number of thiocarbonyl (C=S) groups is 1. The van der Waals surface area contributed by atoms with Crippen molar-refractivity contribution in [3.05, 3.63) is 70.1 Å². The molecule has 1 aliphatic heterocycles. The van der Waals surface area contributed by atoms with Crippen molar-refractivity contribution in [3.8, 4) is 5.75 Å². The SMILES string of the molecule is COCCN1C(=O)C(=Cc2ccccc2OCc2ccc(C)cc2)SC1=S. The second kappa shape index (κ2) is 9.17. The Morgan fingerprint density at radius 3 is 2.63 bits per heavy atom. The van der Waals surface area contributed by atoms with E-state index in [2.05, 4.69) is 31.2 Å². The summed E-state index contributed by atoms with van der Waals surface area (Å²) in [6.07, 6.45) is 1.84. The molecular formula is C21H21NO3S2. The fourth-order valence-electron chi connectivity index (χ4n) is 2.59. The van der Waals surface area contributed by atoms with Crippen molar-refractivity contribution in [1.29, 1.82) is 0 Å². The van der Waals surface area contributed by atoms with Gasteiger partial charge in [0, 0.05) is 12.7 Å². The number of carbonyl (C=O) groups excluding carboxylic acids is 1. The van der Waals surface area contributed by atoms with Gasteiger partial charge in [-0.05, 0) is 24.6 Å². The van der Waals surface area contributed by atoms with Crippen molar-refractivity contribution < 1.29 is 14.3 Å². The van der Waals surface area contributed by atoms with E-state index in [1.807, 2.05) is 30.3 Å². The monoisotopic (exact) mass is 399 g/mol. The van der Waals surface area contributed by atoms with Crippen LogP contribution < -0.4 is 4.74 Å². The maximum absolute atomic E-state index is 12.6. The summed E-state index contributed by atoms with van der Waals surface area (Å²) in [4.78, 5) is 14.8. The number of para-hydroxylation sites is 1. The van der Waals surface area contributed by atoms with E-state index in [1.165, 1.54) is 17.3 Å². The van der Waals surface area contributed by atoms with E-state index in [0.717, 1.165) is 16.9 Å². The number of hydrogen-bond donors (Lipinski definition) is 0. The molecule has 0 saturated carbocycles. The predicted octanol–water partition coefficient (Wildman–Crippen LogP) is 4.42. The Bertz CT molecular complexity index is 862. The van der Waals surface area contributed by atoms with Crippen LogP contribution in [0, 0.1) is 6.92 Å². The van der Waals surface area contributed by atoms with Crippen LogP contribution in [0.1, 0.15) is 16.7 Å². The summed E-state index contributed by atoms with van der Waals surface area (Å²) < 4.78 is 11.6. The molecule has 4 nitrogen and oxygen atoms in total. The number of nitrogens with zero attached hydrogens (tertiary/aromatic N) is 1. The van der Waals surface area contributed by atoms with E-state index in [-0.39, 0.29) is 5.91 Å². The highest BCUT2D eigenvalue weighted by molar-refractivity contribution is 8.26. The molecule has 27 heavy (non-hydrogen) atoms. The summed E-state index contributed by atoms with van der Waals surface area (Å²) in [5, 5.41) is 0. The second-order valence-electron chi connectivity index (χ2n) is 6.14. The van der Waals surface area contributed by atoms with Gasteiger partial charge in [0.25, 0.3) is 5.91 Å². The van der Waals surface area contributed by atoms with Gasteiger partial charge in [0.2, 0.25) is 0 Å². The van der Waals surface area contributed by atoms with Gasteiger partial charge in [-0.3, -0.25) is 9.69 Å². The Labute approximate surface area is 169 Å². The van der Waals surface area contributed by atoms with Crippen LogP contribution in [0.4, 0.5) is 0 Å². The average molecular weight is 400 g/mol. The first-order chi connectivity index (χ1) is 13.1. The maximum Gasteiger partial charge on any atom is 0.266 e. The minimum absolute atomic E-state index is 0.0876. The molecule has 0 radical (unpaired) electrons. The zero-order chi connectivity index (χ0) is 19.2. The molecule has 0 atom stereocenters. The molecule has 0 aliphatic carbocycles. The van der Waals surface area contributed by atoms with Crippen LogP contribution in [0.5, 0.6) is 5.75 Å². The van der Waals surface area contributed by atoms with Crippen molar-refractivity contribution in [2.75, 3.05) is 20.3 Å². The van der Waals surface area contributed by atoms with Gasteiger partial charge in [-0.1, -0.05) is 72.0 Å². The molecule has 2 aromatic rings. The zero-order valence-corrected chi connectivity index (χ0v) is 16.9. The first kappa shape index (κ1) is 19.6. The van der Waals surface area contributed by atoms with Crippen molar-refractivity contribution in [1.82, 2.24) is 4.90 Å². The third-order valence-corrected chi connectivity index (χ3v) is 5.49. The molecule has 1 fully saturated rings. The quantitative estimate of drug-likeness (QED) is 0.509. The molecule has 1 aliphatic rings. The molecule has 1 amide bonds. The van der Waals surface area contributed by atoms with Gasteiger partial charge in [0.05, 0.1) is 18.1 Å².